The van der Waals surface area contributed by atoms with E-state index in [2.05, 4.69) is 10.6 Å². The summed E-state index contributed by atoms with van der Waals surface area (Å²) in [7, 11) is -0.914. The first-order valence-electron chi connectivity index (χ1n) is 10.5. The number of aliphatic carboxylic acids is 1. The molecule has 1 fully saturated rings. The van der Waals surface area contributed by atoms with Crippen LogP contribution < -0.4 is 21.8 Å². The third kappa shape index (κ3) is 6.27. The van der Waals surface area contributed by atoms with Crippen molar-refractivity contribution in [2.45, 2.75) is 64.2 Å². The molecular weight excluding hydrogens is 420 g/mol. The van der Waals surface area contributed by atoms with Gasteiger partial charge in [0.15, 0.2) is 0 Å². The van der Waals surface area contributed by atoms with E-state index in [0.29, 0.717) is 19.4 Å². The Hall–Kier alpha value is -2.50. The van der Waals surface area contributed by atoms with Crippen LogP contribution in [0.5, 0.6) is 0 Å². The van der Waals surface area contributed by atoms with Gasteiger partial charge in [0, 0.05) is 11.0 Å². The maximum Gasteiger partial charge on any atom is 0.497 e. The van der Waals surface area contributed by atoms with Crippen molar-refractivity contribution in [1.29, 1.82) is 0 Å². The number of carboxylic acid groups (broad SMARTS) is 1. The largest absolute Gasteiger partial charge is 0.497 e. The zero-order valence-electron chi connectivity index (χ0n) is 18.9. The molecule has 0 bridgehead atoms. The van der Waals surface area contributed by atoms with E-state index in [0.717, 1.165) is 6.07 Å². The third-order valence-electron chi connectivity index (χ3n) is 5.75. The molecule has 2 rings (SSSR count). The highest BCUT2D eigenvalue weighted by Gasteiger charge is 2.52. The topological polar surface area (TPSA) is 140 Å². The van der Waals surface area contributed by atoms with Crippen LogP contribution >= 0.6 is 0 Å². The van der Waals surface area contributed by atoms with E-state index in [1.165, 1.54) is 12.1 Å². The van der Waals surface area contributed by atoms with Crippen LogP contribution in [0.1, 0.15) is 57.3 Å². The van der Waals surface area contributed by atoms with Crippen molar-refractivity contribution in [3.8, 4) is 0 Å². The normalized spacial score (nSPS) is 17.6. The second-order valence-electron chi connectivity index (χ2n) is 8.75. The first-order chi connectivity index (χ1) is 14.9. The second kappa shape index (κ2) is 10.4. The molecule has 0 aromatic heterocycles. The zero-order valence-corrected chi connectivity index (χ0v) is 18.9. The van der Waals surface area contributed by atoms with Gasteiger partial charge in [-0.1, -0.05) is 6.07 Å². The number of nitrogens with two attached hydrogens (primary N) is 1. The van der Waals surface area contributed by atoms with Crippen LogP contribution in [-0.4, -0.2) is 60.3 Å². The van der Waals surface area contributed by atoms with Crippen molar-refractivity contribution in [1.82, 2.24) is 10.6 Å². The maximum absolute atomic E-state index is 14.8. The van der Waals surface area contributed by atoms with Crippen LogP contribution in [0.25, 0.3) is 0 Å². The minimum absolute atomic E-state index is 0.0117. The number of hydrogen-bond donors (Lipinski definition) is 4. The summed E-state index contributed by atoms with van der Waals surface area (Å²) in [6.07, 6.45) is 1.45. The van der Waals surface area contributed by atoms with E-state index >= 15 is 0 Å². The molecular formula is C21H31BFN3O6. The van der Waals surface area contributed by atoms with E-state index in [1.807, 2.05) is 27.7 Å². The van der Waals surface area contributed by atoms with Crippen molar-refractivity contribution in [3.63, 3.8) is 0 Å². The van der Waals surface area contributed by atoms with Crippen LogP contribution in [0.15, 0.2) is 18.2 Å². The molecule has 1 aliphatic heterocycles. The van der Waals surface area contributed by atoms with Gasteiger partial charge in [0.2, 0.25) is 5.91 Å². The minimum Gasteiger partial charge on any atom is -0.480 e. The van der Waals surface area contributed by atoms with E-state index in [4.69, 9.17) is 20.1 Å². The number of rotatable bonds is 10. The lowest BCUT2D eigenvalue weighted by atomic mass is 9.78. The van der Waals surface area contributed by atoms with Gasteiger partial charge in [-0.05, 0) is 65.6 Å². The number of carbonyl (C=O) groups is 3. The molecule has 32 heavy (non-hydrogen) atoms. The fourth-order valence-electron chi connectivity index (χ4n) is 3.12. The SMILES string of the molecule is CC1(C)OB(c2ccc(C(=O)NC(CCCCN)C(=O)NCC(=O)O)cc2F)OC1(C)C. The molecule has 11 heteroatoms. The van der Waals surface area contributed by atoms with E-state index < -0.39 is 54.5 Å². The quantitative estimate of drug-likeness (QED) is 0.301. The fraction of sp³-hybridized carbons (Fsp3) is 0.571. The van der Waals surface area contributed by atoms with E-state index in [1.54, 1.807) is 0 Å². The molecule has 2 amide bonds. The van der Waals surface area contributed by atoms with Gasteiger partial charge in [-0.2, -0.15) is 0 Å². The van der Waals surface area contributed by atoms with Crippen molar-refractivity contribution < 1.29 is 33.2 Å². The van der Waals surface area contributed by atoms with Gasteiger partial charge in [-0.3, -0.25) is 14.4 Å². The molecule has 9 nitrogen and oxygen atoms in total. The molecule has 5 N–H and O–H groups in total. The monoisotopic (exact) mass is 451 g/mol. The maximum atomic E-state index is 14.8. The Balaban J connectivity index is 2.12. The fourth-order valence-corrected chi connectivity index (χ4v) is 3.12. The van der Waals surface area contributed by atoms with Crippen molar-refractivity contribution in [3.05, 3.63) is 29.6 Å². The smallest absolute Gasteiger partial charge is 0.480 e. The summed E-state index contributed by atoms with van der Waals surface area (Å²) in [5.74, 6) is -3.17. The number of halogens is 1. The average molecular weight is 451 g/mol. The van der Waals surface area contributed by atoms with Crippen molar-refractivity contribution >= 4 is 30.4 Å². The number of nitrogens with one attached hydrogen (secondary N) is 2. The van der Waals surface area contributed by atoms with Gasteiger partial charge in [0.1, 0.15) is 18.4 Å². The number of carbonyl (C=O) groups excluding carboxylic acids is 2. The summed E-state index contributed by atoms with van der Waals surface area (Å²) in [4.78, 5) is 35.7. The van der Waals surface area contributed by atoms with Crippen LogP contribution in [-0.2, 0) is 18.9 Å². The van der Waals surface area contributed by atoms with Crippen molar-refractivity contribution in [2.24, 2.45) is 5.73 Å². The van der Waals surface area contributed by atoms with Gasteiger partial charge in [0.25, 0.3) is 5.91 Å². The summed E-state index contributed by atoms with van der Waals surface area (Å²) < 4.78 is 26.5. The molecule has 176 valence electrons. The summed E-state index contributed by atoms with van der Waals surface area (Å²) in [6.45, 7) is 7.27. The lowest BCUT2D eigenvalue weighted by molar-refractivity contribution is -0.138. The highest BCUT2D eigenvalue weighted by atomic mass is 19.1. The van der Waals surface area contributed by atoms with Crippen LogP contribution in [0.4, 0.5) is 4.39 Å². The van der Waals surface area contributed by atoms with Crippen LogP contribution in [0, 0.1) is 5.82 Å². The summed E-state index contributed by atoms with van der Waals surface area (Å²) >= 11 is 0. The molecule has 1 aliphatic rings. The Labute approximate surface area is 187 Å². The zero-order chi connectivity index (χ0) is 24.1. The molecule has 0 spiro atoms. The average Bonchev–Trinajstić information content (AvgIpc) is 2.92. The molecule has 1 atom stereocenters. The lowest BCUT2D eigenvalue weighted by Crippen LogP contribution is -2.48. The second-order valence-corrected chi connectivity index (χ2v) is 8.75. The number of amides is 2. The molecule has 1 heterocycles. The lowest BCUT2D eigenvalue weighted by Gasteiger charge is -2.32. The standard InChI is InChI=1S/C21H31BFN3O6/c1-20(2)21(3,4)32-22(31-20)14-9-8-13(11-15(14)23)18(29)26-16(7-5-6-10-24)19(30)25-12-17(27)28/h8-9,11,16H,5-7,10,12,24H2,1-4H3,(H,25,30)(H,26,29)(H,27,28). The predicted octanol–water partition coefficient (Wildman–Crippen LogP) is 0.553. The van der Waals surface area contributed by atoms with E-state index in [-0.39, 0.29) is 17.4 Å². The van der Waals surface area contributed by atoms with Crippen LogP contribution in [0.3, 0.4) is 0 Å². The Kier molecular flexibility index (Phi) is 8.38. The summed E-state index contributed by atoms with van der Waals surface area (Å²) in [5, 5.41) is 13.5. The molecule has 1 saturated heterocycles. The Bertz CT molecular complexity index is 848. The number of unbranched alkanes of at least 4 members (excludes halogenated alkanes) is 1. The molecule has 0 aliphatic carbocycles. The van der Waals surface area contributed by atoms with Gasteiger partial charge >= 0.3 is 13.1 Å². The van der Waals surface area contributed by atoms with Crippen molar-refractivity contribution in [2.75, 3.05) is 13.1 Å². The van der Waals surface area contributed by atoms with Gasteiger partial charge < -0.3 is 30.8 Å². The Morgan fingerprint density at radius 2 is 1.78 bits per heavy atom. The highest BCUT2D eigenvalue weighted by molar-refractivity contribution is 6.62. The van der Waals surface area contributed by atoms with Gasteiger partial charge in [-0.25, -0.2) is 4.39 Å². The van der Waals surface area contributed by atoms with E-state index in [9.17, 15) is 18.8 Å². The summed E-state index contributed by atoms with van der Waals surface area (Å²) in [6, 6.07) is 2.92. The first kappa shape index (κ1) is 25.8. The Morgan fingerprint density at radius 1 is 1.16 bits per heavy atom. The number of hydrogen-bond acceptors (Lipinski definition) is 6. The summed E-state index contributed by atoms with van der Waals surface area (Å²) in [5.41, 5.74) is 4.37. The molecule has 1 unspecified atom stereocenters. The van der Waals surface area contributed by atoms with Crippen LogP contribution in [0.2, 0.25) is 0 Å². The first-order valence-corrected chi connectivity index (χ1v) is 10.5. The molecule has 0 radical (unpaired) electrons. The Morgan fingerprint density at radius 3 is 2.31 bits per heavy atom. The number of carboxylic acids is 1. The molecule has 1 aromatic rings. The minimum atomic E-state index is -1.20. The highest BCUT2D eigenvalue weighted by Crippen LogP contribution is 2.36. The molecule has 0 saturated carbocycles. The number of benzene rings is 1. The third-order valence-corrected chi connectivity index (χ3v) is 5.75. The predicted molar refractivity (Wildman–Crippen MR) is 117 cm³/mol. The van der Waals surface area contributed by atoms with Gasteiger partial charge in [0.05, 0.1) is 11.2 Å². The van der Waals surface area contributed by atoms with Gasteiger partial charge in [-0.15, -0.1) is 0 Å². The molecule has 1 aromatic carbocycles.